The number of unbranched alkanes of at least 4 members (excludes halogenated alkanes) is 6. The Morgan fingerprint density at radius 1 is 0.815 bits per heavy atom. The van der Waals surface area contributed by atoms with Gasteiger partial charge in [-0.05, 0) is 53.2 Å². The minimum absolute atomic E-state index is 0.136. The monoisotopic (exact) mass is 374 g/mol. The van der Waals surface area contributed by atoms with E-state index in [1.807, 2.05) is 6.07 Å². The van der Waals surface area contributed by atoms with Crippen molar-refractivity contribution in [3.05, 3.63) is 29.3 Å². The van der Waals surface area contributed by atoms with Crippen molar-refractivity contribution in [2.24, 2.45) is 11.3 Å². The minimum atomic E-state index is 0.136. The van der Waals surface area contributed by atoms with Gasteiger partial charge in [-0.2, -0.15) is 0 Å². The Bertz CT molecular complexity index is 534. The van der Waals surface area contributed by atoms with Gasteiger partial charge in [0.2, 0.25) is 0 Å². The quantitative estimate of drug-likeness (QED) is 0.364. The molecule has 0 aliphatic rings. The molecular formula is C26H46O. The van der Waals surface area contributed by atoms with Crippen molar-refractivity contribution in [3.8, 4) is 5.75 Å². The third-order valence-electron chi connectivity index (χ3n) is 5.56. The molecule has 0 atom stereocenters. The van der Waals surface area contributed by atoms with E-state index >= 15 is 0 Å². The SMILES string of the molecule is CC(C)CCCCCCCCCc1cc(C(C)(C)CC(C)(C)C)ccc1O. The lowest BCUT2D eigenvalue weighted by Crippen LogP contribution is -2.24. The van der Waals surface area contributed by atoms with Crippen LogP contribution >= 0.6 is 0 Å². The Morgan fingerprint density at radius 2 is 1.37 bits per heavy atom. The van der Waals surface area contributed by atoms with Gasteiger partial charge in [0.25, 0.3) is 0 Å². The molecule has 0 aliphatic carbocycles. The van der Waals surface area contributed by atoms with Gasteiger partial charge in [-0.25, -0.2) is 0 Å². The molecule has 1 heteroatoms. The van der Waals surface area contributed by atoms with Gasteiger partial charge in [-0.1, -0.05) is 106 Å². The van der Waals surface area contributed by atoms with E-state index in [9.17, 15) is 5.11 Å². The number of hydrogen-bond acceptors (Lipinski definition) is 1. The van der Waals surface area contributed by atoms with Crippen LogP contribution in [0.4, 0.5) is 0 Å². The van der Waals surface area contributed by atoms with Crippen LogP contribution in [0, 0.1) is 11.3 Å². The molecule has 156 valence electrons. The summed E-state index contributed by atoms with van der Waals surface area (Å²) in [5.74, 6) is 1.32. The predicted octanol–water partition coefficient (Wildman–Crippen LogP) is 8.43. The maximum Gasteiger partial charge on any atom is 0.118 e. The van der Waals surface area contributed by atoms with Gasteiger partial charge in [0.05, 0.1) is 0 Å². The van der Waals surface area contributed by atoms with Crippen molar-refractivity contribution in [3.63, 3.8) is 0 Å². The molecule has 1 aromatic carbocycles. The molecule has 0 aliphatic heterocycles. The largest absolute Gasteiger partial charge is 0.508 e. The highest BCUT2D eigenvalue weighted by Crippen LogP contribution is 2.37. The first kappa shape index (κ1) is 24.1. The van der Waals surface area contributed by atoms with Crippen LogP contribution in [0.15, 0.2) is 18.2 Å². The maximum atomic E-state index is 10.3. The van der Waals surface area contributed by atoms with Gasteiger partial charge in [0.15, 0.2) is 0 Å². The molecule has 0 fully saturated rings. The van der Waals surface area contributed by atoms with E-state index in [1.54, 1.807) is 0 Å². The summed E-state index contributed by atoms with van der Waals surface area (Å²) in [6.45, 7) is 16.2. The third kappa shape index (κ3) is 10.2. The van der Waals surface area contributed by atoms with Crippen LogP contribution in [0.2, 0.25) is 0 Å². The second kappa shape index (κ2) is 11.1. The second-order valence-electron chi connectivity index (χ2n) is 10.9. The van der Waals surface area contributed by atoms with E-state index in [1.165, 1.54) is 56.9 Å². The Kier molecular flexibility index (Phi) is 9.91. The molecule has 1 N–H and O–H groups in total. The standard InChI is InChI=1S/C26H46O/c1-21(2)15-13-11-9-8-10-12-14-16-22-19-23(17-18-24(22)27)26(6,7)20-25(3,4)5/h17-19,21,27H,8-16,20H2,1-7H3. The zero-order valence-electron chi connectivity index (χ0n) is 19.3. The van der Waals surface area contributed by atoms with Gasteiger partial charge >= 0.3 is 0 Å². The zero-order chi connectivity index (χ0) is 20.5. The minimum Gasteiger partial charge on any atom is -0.508 e. The van der Waals surface area contributed by atoms with Crippen molar-refractivity contribution in [2.45, 2.75) is 118 Å². The number of aryl methyl sites for hydroxylation is 1. The lowest BCUT2D eigenvalue weighted by atomic mass is 9.72. The number of phenols is 1. The fourth-order valence-electron chi connectivity index (χ4n) is 4.39. The molecule has 0 heterocycles. The Morgan fingerprint density at radius 3 is 1.93 bits per heavy atom. The van der Waals surface area contributed by atoms with Gasteiger partial charge in [-0.3, -0.25) is 0 Å². The molecule has 0 spiro atoms. The van der Waals surface area contributed by atoms with Crippen LogP contribution in [-0.2, 0) is 11.8 Å². The molecule has 27 heavy (non-hydrogen) atoms. The second-order valence-corrected chi connectivity index (χ2v) is 10.9. The highest BCUT2D eigenvalue weighted by Gasteiger charge is 2.27. The predicted molar refractivity (Wildman–Crippen MR) is 121 cm³/mol. The van der Waals surface area contributed by atoms with Crippen LogP contribution in [0.5, 0.6) is 5.75 Å². The van der Waals surface area contributed by atoms with Crippen molar-refractivity contribution < 1.29 is 5.11 Å². The number of aromatic hydroxyl groups is 1. The lowest BCUT2D eigenvalue weighted by Gasteiger charge is -2.33. The molecule has 1 rings (SSSR count). The van der Waals surface area contributed by atoms with Gasteiger partial charge in [0.1, 0.15) is 5.75 Å². The van der Waals surface area contributed by atoms with Gasteiger partial charge < -0.3 is 5.11 Å². The van der Waals surface area contributed by atoms with E-state index < -0.39 is 0 Å². The third-order valence-corrected chi connectivity index (χ3v) is 5.56. The van der Waals surface area contributed by atoms with Crippen molar-refractivity contribution >= 4 is 0 Å². The smallest absolute Gasteiger partial charge is 0.118 e. The molecule has 0 radical (unpaired) electrons. The fourth-order valence-corrected chi connectivity index (χ4v) is 4.39. The summed E-state index contributed by atoms with van der Waals surface area (Å²) in [4.78, 5) is 0. The molecule has 1 nitrogen and oxygen atoms in total. The first-order valence-electron chi connectivity index (χ1n) is 11.3. The number of phenolic OH excluding ortho intramolecular Hbond substituents is 1. The molecule has 0 saturated heterocycles. The molecule has 0 aromatic heterocycles. The summed E-state index contributed by atoms with van der Waals surface area (Å²) >= 11 is 0. The topological polar surface area (TPSA) is 20.2 Å². The van der Waals surface area contributed by atoms with E-state index in [4.69, 9.17) is 0 Å². The van der Waals surface area contributed by atoms with Crippen molar-refractivity contribution in [1.82, 2.24) is 0 Å². The lowest BCUT2D eigenvalue weighted by molar-refractivity contribution is 0.284. The van der Waals surface area contributed by atoms with Crippen LogP contribution < -0.4 is 0 Å². The van der Waals surface area contributed by atoms with E-state index in [0.29, 0.717) is 11.2 Å². The number of rotatable bonds is 12. The van der Waals surface area contributed by atoms with Gasteiger partial charge in [0, 0.05) is 0 Å². The Labute approximate surface area is 170 Å². The maximum absolute atomic E-state index is 10.3. The summed E-state index contributed by atoms with van der Waals surface area (Å²) in [6, 6.07) is 6.28. The Hall–Kier alpha value is -0.980. The average molecular weight is 375 g/mol. The highest BCUT2D eigenvalue weighted by molar-refractivity contribution is 5.39. The summed E-state index contributed by atoms with van der Waals surface area (Å²) in [7, 11) is 0. The van der Waals surface area contributed by atoms with Crippen LogP contribution in [-0.4, -0.2) is 5.11 Å². The molecule has 0 saturated carbocycles. The van der Waals surface area contributed by atoms with Crippen molar-refractivity contribution in [2.75, 3.05) is 0 Å². The summed E-state index contributed by atoms with van der Waals surface area (Å²) in [5, 5.41) is 10.3. The van der Waals surface area contributed by atoms with Crippen molar-refractivity contribution in [1.29, 1.82) is 0 Å². The number of benzene rings is 1. The first-order chi connectivity index (χ1) is 12.5. The fraction of sp³-hybridized carbons (Fsp3) is 0.769. The molecule has 0 amide bonds. The first-order valence-corrected chi connectivity index (χ1v) is 11.3. The van der Waals surface area contributed by atoms with Crippen LogP contribution in [0.25, 0.3) is 0 Å². The van der Waals surface area contributed by atoms with E-state index in [0.717, 1.165) is 24.3 Å². The Balaban J connectivity index is 2.41. The normalized spacial score (nSPS) is 12.7. The number of hydrogen-bond donors (Lipinski definition) is 1. The average Bonchev–Trinajstić information content (AvgIpc) is 2.52. The summed E-state index contributed by atoms with van der Waals surface area (Å²) < 4.78 is 0. The molecule has 1 aromatic rings. The van der Waals surface area contributed by atoms with E-state index in [-0.39, 0.29) is 5.41 Å². The van der Waals surface area contributed by atoms with Gasteiger partial charge in [-0.15, -0.1) is 0 Å². The zero-order valence-corrected chi connectivity index (χ0v) is 19.3. The van der Waals surface area contributed by atoms with Crippen LogP contribution in [0.3, 0.4) is 0 Å². The van der Waals surface area contributed by atoms with Crippen LogP contribution in [0.1, 0.15) is 117 Å². The molecule has 0 unspecified atom stereocenters. The van der Waals surface area contributed by atoms with E-state index in [2.05, 4.69) is 60.6 Å². The summed E-state index contributed by atoms with van der Waals surface area (Å²) in [6.07, 6.45) is 12.8. The molecule has 0 bridgehead atoms. The summed E-state index contributed by atoms with van der Waals surface area (Å²) in [5.41, 5.74) is 2.93. The molecular weight excluding hydrogens is 328 g/mol. The highest BCUT2D eigenvalue weighted by atomic mass is 16.3.